The van der Waals surface area contributed by atoms with Crippen molar-refractivity contribution < 1.29 is 24.0 Å². The van der Waals surface area contributed by atoms with Crippen molar-refractivity contribution in [1.29, 1.82) is 0 Å². The first-order valence-corrected chi connectivity index (χ1v) is 12.1. The van der Waals surface area contributed by atoms with E-state index in [0.29, 0.717) is 29.2 Å². The van der Waals surface area contributed by atoms with Gasteiger partial charge in [0.1, 0.15) is 23.0 Å². The Labute approximate surface area is 212 Å². The molecule has 2 N–H and O–H groups in total. The third-order valence-corrected chi connectivity index (χ3v) is 6.09. The number of aromatic nitrogens is 2. The lowest BCUT2D eigenvalue weighted by Crippen LogP contribution is -2.50. The van der Waals surface area contributed by atoms with Crippen molar-refractivity contribution in [1.82, 2.24) is 19.9 Å². The minimum atomic E-state index is -0.467. The van der Waals surface area contributed by atoms with Crippen molar-refractivity contribution >= 4 is 17.6 Å². The van der Waals surface area contributed by atoms with Crippen molar-refractivity contribution in [2.45, 2.75) is 53.7 Å². The number of nitrogens with zero attached hydrogens (tertiary/aromatic N) is 4. The van der Waals surface area contributed by atoms with Crippen LogP contribution < -0.4 is 10.1 Å². The van der Waals surface area contributed by atoms with Gasteiger partial charge in [-0.2, -0.15) is 0 Å². The molecule has 3 amide bonds. The summed E-state index contributed by atoms with van der Waals surface area (Å²) in [5, 5.41) is 16.5. The Bertz CT molecular complexity index is 1150. The third kappa shape index (κ3) is 6.15. The van der Waals surface area contributed by atoms with Crippen LogP contribution in [0.5, 0.6) is 5.88 Å². The Balaban J connectivity index is 1.90. The van der Waals surface area contributed by atoms with Crippen LogP contribution in [0, 0.1) is 37.5 Å². The Morgan fingerprint density at radius 2 is 2.08 bits per heavy atom. The van der Waals surface area contributed by atoms with Crippen LogP contribution in [0.25, 0.3) is 0 Å². The van der Waals surface area contributed by atoms with Gasteiger partial charge in [0, 0.05) is 37.2 Å². The number of carbonyl (C=O) groups excluding carboxylic acids is 2. The number of ether oxygens (including phenoxy) is 1. The standard InChI is InChI=1S/C26H35N5O5/c1-15(2)8-9-20-10-21-24(27-11-20)35-22(16(3)12-31(25(21)33)17(4)14-32)13-30(7)26(34)28-23-18(5)29-36-19(23)6/h10-11,15-17,22,32H,12-14H2,1-7H3,(H,28,34)/t16-,17+,22-/m1/s1. The number of carbonyl (C=O) groups is 2. The van der Waals surface area contributed by atoms with Crippen LogP contribution in [-0.4, -0.2) is 75.9 Å². The fourth-order valence-corrected chi connectivity index (χ4v) is 3.83. The van der Waals surface area contributed by atoms with Crippen LogP contribution in [-0.2, 0) is 0 Å². The Morgan fingerprint density at radius 1 is 1.36 bits per heavy atom. The quantitative estimate of drug-likeness (QED) is 0.609. The molecule has 0 fully saturated rings. The number of aryl methyl sites for hydroxylation is 2. The van der Waals surface area contributed by atoms with Crippen LogP contribution in [0.4, 0.5) is 10.5 Å². The van der Waals surface area contributed by atoms with Gasteiger partial charge in [-0.25, -0.2) is 9.78 Å². The summed E-state index contributed by atoms with van der Waals surface area (Å²) in [6.45, 7) is 11.6. The molecule has 1 aliphatic heterocycles. The SMILES string of the molecule is Cc1noc(C)c1NC(=O)N(C)C[C@H]1Oc2ncc(C#CC(C)C)cc2C(=O)N([C@@H](C)CO)C[C@H]1C. The van der Waals surface area contributed by atoms with Crippen LogP contribution in [0.15, 0.2) is 16.8 Å². The molecule has 10 heteroatoms. The fraction of sp³-hybridized carbons (Fsp3) is 0.538. The highest BCUT2D eigenvalue weighted by Crippen LogP contribution is 2.27. The van der Waals surface area contributed by atoms with E-state index in [1.54, 1.807) is 45.0 Å². The lowest BCUT2D eigenvalue weighted by Gasteiger charge is -2.37. The van der Waals surface area contributed by atoms with E-state index >= 15 is 0 Å². The lowest BCUT2D eigenvalue weighted by molar-refractivity contribution is 0.0356. The van der Waals surface area contributed by atoms with Gasteiger partial charge in [0.05, 0.1) is 19.2 Å². The minimum absolute atomic E-state index is 0.160. The summed E-state index contributed by atoms with van der Waals surface area (Å²) in [5.74, 6) is 6.56. The molecule has 0 saturated carbocycles. The van der Waals surface area contributed by atoms with Crippen molar-refractivity contribution in [2.75, 3.05) is 32.1 Å². The molecule has 10 nitrogen and oxygen atoms in total. The molecule has 2 aromatic rings. The molecular formula is C26H35N5O5. The number of urea groups is 1. The summed E-state index contributed by atoms with van der Waals surface area (Å²) in [4.78, 5) is 33.9. The number of likely N-dealkylation sites (N-methyl/N-ethyl adjacent to an activating group) is 1. The first-order valence-electron chi connectivity index (χ1n) is 12.1. The Hall–Kier alpha value is -3.58. The van der Waals surface area contributed by atoms with E-state index in [0.717, 1.165) is 0 Å². The molecule has 0 bridgehead atoms. The topological polar surface area (TPSA) is 121 Å². The summed E-state index contributed by atoms with van der Waals surface area (Å²) in [5.41, 5.74) is 2.02. The van der Waals surface area contributed by atoms with Gasteiger partial charge in [0.2, 0.25) is 5.88 Å². The molecule has 3 rings (SSSR count). The third-order valence-electron chi connectivity index (χ3n) is 6.09. The molecule has 0 aliphatic carbocycles. The van der Waals surface area contributed by atoms with Crippen molar-refractivity contribution in [3.8, 4) is 17.7 Å². The minimum Gasteiger partial charge on any atom is -0.472 e. The molecule has 3 atom stereocenters. The zero-order valence-corrected chi connectivity index (χ0v) is 22.0. The Morgan fingerprint density at radius 3 is 2.69 bits per heavy atom. The number of aliphatic hydroxyl groups excluding tert-OH is 1. The number of amides is 3. The molecule has 3 heterocycles. The summed E-state index contributed by atoms with van der Waals surface area (Å²) < 4.78 is 11.4. The first-order chi connectivity index (χ1) is 17.0. The van der Waals surface area contributed by atoms with E-state index in [1.807, 2.05) is 20.8 Å². The molecule has 36 heavy (non-hydrogen) atoms. The van der Waals surface area contributed by atoms with Gasteiger partial charge in [0.25, 0.3) is 5.91 Å². The van der Waals surface area contributed by atoms with E-state index in [-0.39, 0.29) is 48.4 Å². The maximum atomic E-state index is 13.5. The number of anilines is 1. The maximum absolute atomic E-state index is 13.5. The highest BCUT2D eigenvalue weighted by molar-refractivity contribution is 5.97. The van der Waals surface area contributed by atoms with E-state index in [4.69, 9.17) is 9.26 Å². The van der Waals surface area contributed by atoms with Crippen LogP contribution >= 0.6 is 0 Å². The van der Waals surface area contributed by atoms with Gasteiger partial charge in [0.15, 0.2) is 5.76 Å². The van der Waals surface area contributed by atoms with Gasteiger partial charge in [-0.05, 0) is 26.8 Å². The van der Waals surface area contributed by atoms with Gasteiger partial charge < -0.3 is 29.5 Å². The van der Waals surface area contributed by atoms with Gasteiger partial charge in [-0.15, -0.1) is 0 Å². The average molecular weight is 498 g/mol. The lowest BCUT2D eigenvalue weighted by atomic mass is 10.00. The molecular weight excluding hydrogens is 462 g/mol. The van der Waals surface area contributed by atoms with Crippen LogP contribution in [0.1, 0.15) is 55.1 Å². The van der Waals surface area contributed by atoms with Crippen LogP contribution in [0.2, 0.25) is 0 Å². The average Bonchev–Trinajstić information content (AvgIpc) is 3.16. The number of pyridine rings is 1. The fourth-order valence-electron chi connectivity index (χ4n) is 3.83. The molecule has 0 spiro atoms. The zero-order chi connectivity index (χ0) is 26.6. The van der Waals surface area contributed by atoms with Crippen molar-refractivity contribution in [2.24, 2.45) is 11.8 Å². The van der Waals surface area contributed by atoms with E-state index in [1.165, 1.54) is 4.90 Å². The largest absolute Gasteiger partial charge is 0.472 e. The second-order valence-corrected chi connectivity index (χ2v) is 9.63. The molecule has 0 aromatic carbocycles. The second kappa shape index (κ2) is 11.4. The molecule has 0 radical (unpaired) electrons. The van der Waals surface area contributed by atoms with Gasteiger partial charge >= 0.3 is 6.03 Å². The van der Waals surface area contributed by atoms with Gasteiger partial charge in [-0.1, -0.05) is 37.8 Å². The number of aliphatic hydroxyl groups is 1. The summed E-state index contributed by atoms with van der Waals surface area (Å²) in [7, 11) is 1.67. The van der Waals surface area contributed by atoms with E-state index < -0.39 is 12.1 Å². The number of hydrogen-bond acceptors (Lipinski definition) is 7. The summed E-state index contributed by atoms with van der Waals surface area (Å²) in [6, 6.07) is 0.932. The molecule has 1 aliphatic rings. The molecule has 194 valence electrons. The summed E-state index contributed by atoms with van der Waals surface area (Å²) in [6.07, 6.45) is 1.11. The predicted molar refractivity (Wildman–Crippen MR) is 135 cm³/mol. The Kier molecular flexibility index (Phi) is 8.58. The smallest absolute Gasteiger partial charge is 0.321 e. The summed E-state index contributed by atoms with van der Waals surface area (Å²) >= 11 is 0. The predicted octanol–water partition coefficient (Wildman–Crippen LogP) is 3.08. The molecule has 0 unspecified atom stereocenters. The highest BCUT2D eigenvalue weighted by Gasteiger charge is 2.34. The second-order valence-electron chi connectivity index (χ2n) is 9.63. The highest BCUT2D eigenvalue weighted by atomic mass is 16.5. The van der Waals surface area contributed by atoms with Crippen molar-refractivity contribution in [3.63, 3.8) is 0 Å². The van der Waals surface area contributed by atoms with E-state index in [2.05, 4.69) is 27.3 Å². The molecule has 0 saturated heterocycles. The number of fused-ring (bicyclic) bond motifs is 1. The normalized spacial score (nSPS) is 18.4. The van der Waals surface area contributed by atoms with Crippen LogP contribution in [0.3, 0.4) is 0 Å². The van der Waals surface area contributed by atoms with Crippen molar-refractivity contribution in [3.05, 3.63) is 34.8 Å². The first kappa shape index (κ1) is 27.0. The number of nitrogens with one attached hydrogen (secondary N) is 1. The van der Waals surface area contributed by atoms with Gasteiger partial charge in [-0.3, -0.25) is 4.79 Å². The zero-order valence-electron chi connectivity index (χ0n) is 22.0. The number of hydrogen-bond donors (Lipinski definition) is 2. The monoisotopic (exact) mass is 497 g/mol. The molecule has 2 aromatic heterocycles. The van der Waals surface area contributed by atoms with E-state index in [9.17, 15) is 14.7 Å². The number of rotatable bonds is 5. The maximum Gasteiger partial charge on any atom is 0.321 e.